The van der Waals surface area contributed by atoms with Crippen molar-refractivity contribution in [3.63, 3.8) is 0 Å². The van der Waals surface area contributed by atoms with Gasteiger partial charge < -0.3 is 5.32 Å². The van der Waals surface area contributed by atoms with Crippen LogP contribution in [0.2, 0.25) is 0 Å². The summed E-state index contributed by atoms with van der Waals surface area (Å²) in [5, 5.41) is 2.48. The topological polar surface area (TPSA) is 29.1 Å². The average molecular weight is 217 g/mol. The number of nitrogens with one attached hydrogen (secondary N) is 1. The molecule has 3 heteroatoms. The summed E-state index contributed by atoms with van der Waals surface area (Å²) in [5.41, 5.74) is 0. The molecular formula is C4H12INO. The fourth-order valence-corrected chi connectivity index (χ4v) is 0.177. The van der Waals surface area contributed by atoms with E-state index in [1.807, 2.05) is 6.92 Å². The van der Waals surface area contributed by atoms with Gasteiger partial charge in [-0.1, -0.05) is 6.92 Å². The van der Waals surface area contributed by atoms with Crippen LogP contribution in [-0.2, 0) is 4.79 Å². The summed E-state index contributed by atoms with van der Waals surface area (Å²) in [4.78, 5) is 10.1. The van der Waals surface area contributed by atoms with E-state index in [9.17, 15) is 4.79 Å². The maximum atomic E-state index is 10.1. The Hall–Kier alpha value is 0.200. The Morgan fingerprint density at radius 3 is 2.29 bits per heavy atom. The zero-order chi connectivity index (χ0) is 4.99. The summed E-state index contributed by atoms with van der Waals surface area (Å²) in [6.07, 6.45) is 0.580. The summed E-state index contributed by atoms with van der Waals surface area (Å²) >= 11 is 0. The molecule has 0 saturated heterocycles. The predicted octanol–water partition coefficient (Wildman–Crippen LogP) is 1.01. The lowest BCUT2D eigenvalue weighted by molar-refractivity contribution is -0.120. The first-order valence-corrected chi connectivity index (χ1v) is 2.01. The van der Waals surface area contributed by atoms with Gasteiger partial charge in [-0.15, -0.1) is 24.0 Å². The molecule has 1 N–H and O–H groups in total. The molecule has 0 aliphatic carbocycles. The molecule has 0 bridgehead atoms. The van der Waals surface area contributed by atoms with Crippen LogP contribution in [0.25, 0.3) is 0 Å². The Morgan fingerprint density at radius 1 is 1.86 bits per heavy atom. The molecule has 7 heavy (non-hydrogen) atoms. The Labute approximate surface area is 62.2 Å². The van der Waals surface area contributed by atoms with Crippen LogP contribution >= 0.6 is 24.0 Å². The average Bonchev–Trinajstić information content (AvgIpc) is 1.65. The first-order chi connectivity index (χ1) is 2.81. The lowest BCUT2D eigenvalue weighted by Crippen LogP contribution is -2.15. The normalized spacial score (nSPS) is 6.57. The van der Waals surface area contributed by atoms with E-state index in [2.05, 4.69) is 5.32 Å². The highest BCUT2D eigenvalue weighted by Crippen LogP contribution is 1.68. The van der Waals surface area contributed by atoms with Crippen molar-refractivity contribution in [3.05, 3.63) is 0 Å². The maximum absolute atomic E-state index is 10.1. The number of amides is 1. The van der Waals surface area contributed by atoms with Gasteiger partial charge in [0.25, 0.3) is 0 Å². The van der Waals surface area contributed by atoms with Gasteiger partial charge >= 0.3 is 0 Å². The summed E-state index contributed by atoms with van der Waals surface area (Å²) in [6, 6.07) is 0. The van der Waals surface area contributed by atoms with Gasteiger partial charge in [-0.05, 0) is 0 Å². The lowest BCUT2D eigenvalue weighted by atomic mass is 10.5. The van der Waals surface area contributed by atoms with E-state index in [0.717, 1.165) is 0 Å². The van der Waals surface area contributed by atoms with E-state index in [1.54, 1.807) is 7.05 Å². The summed E-state index contributed by atoms with van der Waals surface area (Å²) in [5.74, 6) is 0.0926. The first kappa shape index (κ1) is 10.2. The van der Waals surface area contributed by atoms with Crippen LogP contribution in [-0.4, -0.2) is 13.0 Å². The third-order valence-corrected chi connectivity index (χ3v) is 0.600. The third kappa shape index (κ3) is 6.20. The quantitative estimate of drug-likeness (QED) is 0.652. The van der Waals surface area contributed by atoms with Gasteiger partial charge in [-0.2, -0.15) is 0 Å². The van der Waals surface area contributed by atoms with Crippen LogP contribution in [0.15, 0.2) is 0 Å². The molecular weight excluding hydrogens is 205 g/mol. The van der Waals surface area contributed by atoms with Crippen LogP contribution in [0.4, 0.5) is 0 Å². The van der Waals surface area contributed by atoms with E-state index in [1.165, 1.54) is 0 Å². The minimum atomic E-state index is 0. The molecule has 0 aliphatic heterocycles. The van der Waals surface area contributed by atoms with E-state index in [4.69, 9.17) is 0 Å². The maximum Gasteiger partial charge on any atom is 0.219 e. The van der Waals surface area contributed by atoms with Crippen LogP contribution in [0.3, 0.4) is 0 Å². The number of rotatable bonds is 1. The molecule has 0 heterocycles. The third-order valence-electron chi connectivity index (χ3n) is 0.600. The van der Waals surface area contributed by atoms with Crippen molar-refractivity contribution < 1.29 is 6.22 Å². The van der Waals surface area contributed by atoms with Crippen LogP contribution < -0.4 is 5.32 Å². The molecule has 0 atom stereocenters. The number of hydrogen-bond acceptors (Lipinski definition) is 1. The second kappa shape index (κ2) is 6.20. The fraction of sp³-hybridized carbons (Fsp3) is 0.750. The summed E-state index contributed by atoms with van der Waals surface area (Å²) in [6.45, 7) is 1.82. The van der Waals surface area contributed by atoms with E-state index in [0.29, 0.717) is 6.42 Å². The Balaban J connectivity index is -0.000000125. The number of carbonyl (C=O) groups is 1. The van der Waals surface area contributed by atoms with E-state index in [-0.39, 0.29) is 31.3 Å². The van der Waals surface area contributed by atoms with E-state index >= 15 is 0 Å². The largest absolute Gasteiger partial charge is 0.359 e. The van der Waals surface area contributed by atoms with Gasteiger partial charge in [-0.3, -0.25) is 4.79 Å². The molecule has 0 fully saturated rings. The van der Waals surface area contributed by atoms with Crippen molar-refractivity contribution >= 4 is 29.9 Å². The second-order valence-corrected chi connectivity index (χ2v) is 1.03. The van der Waals surface area contributed by atoms with Gasteiger partial charge in [0.1, 0.15) is 0 Å². The van der Waals surface area contributed by atoms with Gasteiger partial charge in [0, 0.05) is 14.9 Å². The van der Waals surface area contributed by atoms with Crippen molar-refractivity contribution in [1.29, 1.82) is 0 Å². The Kier molecular flexibility index (Phi) is 9.07. The highest BCUT2D eigenvalue weighted by Gasteiger charge is 1.84. The molecule has 2 nitrogen and oxygen atoms in total. The van der Waals surface area contributed by atoms with Crippen molar-refractivity contribution in [3.8, 4) is 0 Å². The minimum absolute atomic E-state index is 0. The number of hydrogen-bond donors (Lipinski definition) is 1. The SMILES string of the molecule is CCC(=O)NC.I.[HH]. The molecule has 0 aromatic rings. The molecule has 0 aromatic carbocycles. The predicted molar refractivity (Wildman–Crippen MR) is 41.9 cm³/mol. The lowest BCUT2D eigenvalue weighted by Gasteiger charge is -1.87. The number of halogens is 1. The summed E-state index contributed by atoms with van der Waals surface area (Å²) < 4.78 is 0. The second-order valence-electron chi connectivity index (χ2n) is 1.03. The van der Waals surface area contributed by atoms with Crippen molar-refractivity contribution in [2.75, 3.05) is 7.05 Å². The zero-order valence-electron chi connectivity index (χ0n) is 4.52. The van der Waals surface area contributed by atoms with Gasteiger partial charge in [0.2, 0.25) is 5.91 Å². The molecule has 0 spiro atoms. The van der Waals surface area contributed by atoms with Gasteiger partial charge in [0.05, 0.1) is 0 Å². The Bertz CT molecular complexity index is 54.0. The monoisotopic (exact) mass is 217 g/mol. The van der Waals surface area contributed by atoms with Crippen LogP contribution in [0.5, 0.6) is 0 Å². The standard InChI is InChI=1S/C4H9NO.HI.H2/c1-3-4(6)5-2;;/h3H2,1-2H3,(H,5,6);2*1H. The molecule has 1 amide bonds. The smallest absolute Gasteiger partial charge is 0.219 e. The molecule has 0 unspecified atom stereocenters. The van der Waals surface area contributed by atoms with Gasteiger partial charge in [0.15, 0.2) is 0 Å². The van der Waals surface area contributed by atoms with Crippen LogP contribution in [0.1, 0.15) is 14.8 Å². The minimum Gasteiger partial charge on any atom is -0.359 e. The molecule has 0 aliphatic rings. The van der Waals surface area contributed by atoms with Gasteiger partial charge in [-0.25, -0.2) is 0 Å². The Morgan fingerprint density at radius 2 is 2.29 bits per heavy atom. The van der Waals surface area contributed by atoms with Crippen molar-refractivity contribution in [2.45, 2.75) is 13.3 Å². The van der Waals surface area contributed by atoms with Crippen molar-refractivity contribution in [1.82, 2.24) is 5.32 Å². The molecule has 0 rings (SSSR count). The molecule has 0 radical (unpaired) electrons. The van der Waals surface area contributed by atoms with Crippen LogP contribution in [0, 0.1) is 0 Å². The highest BCUT2D eigenvalue weighted by atomic mass is 127. The van der Waals surface area contributed by atoms with Crippen molar-refractivity contribution in [2.24, 2.45) is 0 Å². The molecule has 0 saturated carbocycles. The van der Waals surface area contributed by atoms with E-state index < -0.39 is 0 Å². The molecule has 46 valence electrons. The molecule has 0 aromatic heterocycles. The number of carbonyl (C=O) groups excluding carboxylic acids is 1. The summed E-state index contributed by atoms with van der Waals surface area (Å²) in [7, 11) is 1.63. The fourth-order valence-electron chi connectivity index (χ4n) is 0.177. The highest BCUT2D eigenvalue weighted by molar-refractivity contribution is 14.0. The zero-order valence-corrected chi connectivity index (χ0v) is 6.85. The first-order valence-electron chi connectivity index (χ1n) is 2.01.